The van der Waals surface area contributed by atoms with E-state index < -0.39 is 0 Å². The molecule has 0 unspecified atom stereocenters. The van der Waals surface area contributed by atoms with Gasteiger partial charge in [-0.1, -0.05) is 143 Å². The van der Waals surface area contributed by atoms with Gasteiger partial charge in [-0.2, -0.15) is 0 Å². The maximum absolute atomic E-state index is 2.55. The molecule has 0 aromatic heterocycles. The van der Waals surface area contributed by atoms with Crippen molar-refractivity contribution >= 4 is 70.9 Å². The van der Waals surface area contributed by atoms with Crippen molar-refractivity contribution in [2.75, 3.05) is 4.90 Å². The summed E-state index contributed by atoms with van der Waals surface area (Å²) in [7, 11) is 0. The first-order valence-corrected chi connectivity index (χ1v) is 20.3. The van der Waals surface area contributed by atoms with Crippen LogP contribution in [0.25, 0.3) is 76.1 Å². The van der Waals surface area contributed by atoms with E-state index in [9.17, 15) is 0 Å². The van der Waals surface area contributed by atoms with Gasteiger partial charge in [0.1, 0.15) is 0 Å². The van der Waals surface area contributed by atoms with Gasteiger partial charge in [-0.25, -0.2) is 0 Å². The lowest BCUT2D eigenvalue weighted by Crippen LogP contribution is -2.17. The zero-order chi connectivity index (χ0) is 38.2. The normalized spacial score (nSPS) is 14.6. The highest BCUT2D eigenvalue weighted by molar-refractivity contribution is 6.26. The van der Waals surface area contributed by atoms with Gasteiger partial charge >= 0.3 is 0 Å². The van der Waals surface area contributed by atoms with Crippen LogP contribution in [0.5, 0.6) is 0 Å². The molecule has 0 amide bonds. The Kier molecular flexibility index (Phi) is 6.53. The fraction of sp³-hybridized carbons (Fsp3) is 0.107. The Morgan fingerprint density at radius 1 is 0.281 bits per heavy atom. The Bertz CT molecular complexity index is 3280. The van der Waals surface area contributed by atoms with Crippen LogP contribution in [-0.4, -0.2) is 0 Å². The molecule has 1 nitrogen and oxygen atoms in total. The number of anilines is 3. The van der Waals surface area contributed by atoms with Crippen LogP contribution >= 0.6 is 0 Å². The second-order valence-electron chi connectivity index (χ2n) is 17.4. The Labute approximate surface area is 333 Å². The van der Waals surface area contributed by atoms with E-state index in [-0.39, 0.29) is 10.8 Å². The predicted molar refractivity (Wildman–Crippen MR) is 244 cm³/mol. The summed E-state index contributed by atoms with van der Waals surface area (Å²) < 4.78 is 0. The first-order chi connectivity index (χ1) is 27.8. The first kappa shape index (κ1) is 32.5. The number of benzene rings is 10. The van der Waals surface area contributed by atoms with Crippen LogP contribution in [0.15, 0.2) is 176 Å². The lowest BCUT2D eigenvalue weighted by Gasteiger charge is -2.28. The van der Waals surface area contributed by atoms with E-state index in [1.54, 1.807) is 0 Å². The van der Waals surface area contributed by atoms with Gasteiger partial charge in [0.05, 0.1) is 0 Å². The van der Waals surface area contributed by atoms with Gasteiger partial charge in [-0.3, -0.25) is 0 Å². The van der Waals surface area contributed by atoms with E-state index in [0.717, 1.165) is 11.4 Å². The summed E-state index contributed by atoms with van der Waals surface area (Å²) in [5.74, 6) is 0. The van der Waals surface area contributed by atoms with Crippen molar-refractivity contribution in [3.05, 3.63) is 198 Å². The highest BCUT2D eigenvalue weighted by Crippen LogP contribution is 2.58. The third-order valence-corrected chi connectivity index (χ3v) is 13.6. The standard InChI is InChI=1S/C56H41N/c1-55(2)51-29-40(57(38-23-21-34-13-5-7-15-36(34)27-38)39-24-22-35-14-6-8-16-37(35)28-39)25-26-45(51)49-32-54-50(33-53(49)55)48-30-46-43-19-11-9-17-41(43)42-18-10-12-20-44(42)47(46)31-52(48)56(54,3)4/h5-33H,1-4H3. The Morgan fingerprint density at radius 2 is 0.649 bits per heavy atom. The zero-order valence-electron chi connectivity index (χ0n) is 32.7. The van der Waals surface area contributed by atoms with Crippen molar-refractivity contribution in [1.82, 2.24) is 0 Å². The number of hydrogen-bond donors (Lipinski definition) is 0. The molecule has 10 aromatic carbocycles. The van der Waals surface area contributed by atoms with E-state index in [0.29, 0.717) is 0 Å². The predicted octanol–water partition coefficient (Wildman–Crippen LogP) is 15.5. The van der Waals surface area contributed by atoms with E-state index in [1.165, 1.54) is 104 Å². The molecule has 2 aliphatic carbocycles. The van der Waals surface area contributed by atoms with Crippen LogP contribution in [0.1, 0.15) is 49.9 Å². The molecule has 0 N–H and O–H groups in total. The molecule has 2 aliphatic rings. The van der Waals surface area contributed by atoms with Crippen molar-refractivity contribution in [3.63, 3.8) is 0 Å². The van der Waals surface area contributed by atoms with Gasteiger partial charge < -0.3 is 4.90 Å². The van der Waals surface area contributed by atoms with Crippen molar-refractivity contribution in [1.29, 1.82) is 0 Å². The van der Waals surface area contributed by atoms with Gasteiger partial charge in [-0.15, -0.1) is 0 Å². The smallest absolute Gasteiger partial charge is 0.0468 e. The molecule has 270 valence electrons. The minimum Gasteiger partial charge on any atom is -0.310 e. The average Bonchev–Trinajstić information content (AvgIpc) is 3.60. The summed E-state index contributed by atoms with van der Waals surface area (Å²) in [6, 6.07) is 66.2. The first-order valence-electron chi connectivity index (χ1n) is 20.3. The van der Waals surface area contributed by atoms with Gasteiger partial charge in [0.2, 0.25) is 0 Å². The summed E-state index contributed by atoms with van der Waals surface area (Å²) in [5, 5.41) is 12.9. The van der Waals surface area contributed by atoms with Crippen LogP contribution in [-0.2, 0) is 10.8 Å². The summed E-state index contributed by atoms with van der Waals surface area (Å²) in [4.78, 5) is 2.44. The summed E-state index contributed by atoms with van der Waals surface area (Å²) >= 11 is 0. The number of nitrogens with zero attached hydrogens (tertiary/aromatic N) is 1. The molecule has 0 spiro atoms. The van der Waals surface area contributed by atoms with Gasteiger partial charge in [0, 0.05) is 27.9 Å². The second-order valence-corrected chi connectivity index (χ2v) is 17.4. The largest absolute Gasteiger partial charge is 0.310 e. The maximum atomic E-state index is 2.55. The van der Waals surface area contributed by atoms with Crippen LogP contribution in [0, 0.1) is 0 Å². The highest BCUT2D eigenvalue weighted by Gasteiger charge is 2.42. The fourth-order valence-corrected chi connectivity index (χ4v) is 10.6. The lowest BCUT2D eigenvalue weighted by molar-refractivity contribution is 0.652. The third kappa shape index (κ3) is 4.51. The highest BCUT2D eigenvalue weighted by atomic mass is 15.1. The molecule has 10 aromatic rings. The van der Waals surface area contributed by atoms with Crippen molar-refractivity contribution in [3.8, 4) is 22.3 Å². The molecule has 57 heavy (non-hydrogen) atoms. The third-order valence-electron chi connectivity index (χ3n) is 13.6. The molecule has 0 saturated carbocycles. The second kappa shape index (κ2) is 11.4. The van der Waals surface area contributed by atoms with Crippen LogP contribution in [0.4, 0.5) is 17.1 Å². The van der Waals surface area contributed by atoms with E-state index in [4.69, 9.17) is 0 Å². The lowest BCUT2D eigenvalue weighted by atomic mass is 9.79. The molecule has 0 heterocycles. The summed E-state index contributed by atoms with van der Waals surface area (Å²) in [6.07, 6.45) is 0. The molecule has 0 radical (unpaired) electrons. The van der Waals surface area contributed by atoms with Gasteiger partial charge in [0.25, 0.3) is 0 Å². The summed E-state index contributed by atoms with van der Waals surface area (Å²) in [5.41, 5.74) is 14.2. The monoisotopic (exact) mass is 727 g/mol. The minimum absolute atomic E-state index is 0.142. The molecule has 12 rings (SSSR count). The SMILES string of the molecule is CC1(C)c2cc(N(c3ccc4ccccc4c3)c3ccc4ccccc4c3)ccc2-c2cc3c(cc21)-c1cc2c4ccccc4c4ccccc4c2cc1C3(C)C. The minimum atomic E-state index is -0.194. The van der Waals surface area contributed by atoms with Crippen LogP contribution < -0.4 is 4.90 Å². The van der Waals surface area contributed by atoms with Crippen molar-refractivity contribution in [2.45, 2.75) is 38.5 Å². The number of rotatable bonds is 3. The van der Waals surface area contributed by atoms with Crippen molar-refractivity contribution < 1.29 is 0 Å². The molecule has 1 heteroatoms. The van der Waals surface area contributed by atoms with Crippen molar-refractivity contribution in [2.24, 2.45) is 0 Å². The Hall–Kier alpha value is -6.70. The molecular weight excluding hydrogens is 687 g/mol. The molecular formula is C56H41N. The molecule has 0 bridgehead atoms. The molecule has 0 atom stereocenters. The van der Waals surface area contributed by atoms with Crippen LogP contribution in [0.2, 0.25) is 0 Å². The molecule has 0 aliphatic heterocycles. The van der Waals surface area contributed by atoms with Crippen LogP contribution in [0.3, 0.4) is 0 Å². The van der Waals surface area contributed by atoms with Gasteiger partial charge in [-0.05, 0) is 159 Å². The maximum Gasteiger partial charge on any atom is 0.0468 e. The molecule has 0 saturated heterocycles. The Balaban J connectivity index is 1.04. The molecule has 0 fully saturated rings. The topological polar surface area (TPSA) is 3.24 Å². The average molecular weight is 728 g/mol. The van der Waals surface area contributed by atoms with E-state index in [1.807, 2.05) is 0 Å². The number of hydrogen-bond acceptors (Lipinski definition) is 1. The number of fused-ring (bicyclic) bond motifs is 14. The quantitative estimate of drug-likeness (QED) is 0.164. The fourth-order valence-electron chi connectivity index (χ4n) is 10.6. The van der Waals surface area contributed by atoms with E-state index >= 15 is 0 Å². The Morgan fingerprint density at radius 3 is 1.19 bits per heavy atom. The summed E-state index contributed by atoms with van der Waals surface area (Å²) in [6.45, 7) is 9.69. The van der Waals surface area contributed by atoms with Gasteiger partial charge in [0.15, 0.2) is 0 Å². The zero-order valence-corrected chi connectivity index (χ0v) is 32.7. The van der Waals surface area contributed by atoms with E-state index in [2.05, 4.69) is 209 Å².